The van der Waals surface area contributed by atoms with Crippen LogP contribution in [0, 0.1) is 0 Å². The van der Waals surface area contributed by atoms with E-state index in [0.29, 0.717) is 26.1 Å². The summed E-state index contributed by atoms with van der Waals surface area (Å²) in [5.74, 6) is -1.02. The van der Waals surface area contributed by atoms with Crippen LogP contribution in [0.25, 0.3) is 0 Å². The van der Waals surface area contributed by atoms with Crippen LogP contribution in [0.3, 0.4) is 0 Å². The first-order valence-electron chi connectivity index (χ1n) is 8.20. The number of carbonyl (C=O) groups excluding carboxylic acids is 4. The zero-order chi connectivity index (χ0) is 19.1. The van der Waals surface area contributed by atoms with Crippen LogP contribution < -0.4 is 5.32 Å². The second-order valence-electron chi connectivity index (χ2n) is 5.29. The van der Waals surface area contributed by atoms with Crippen molar-refractivity contribution in [3.05, 3.63) is 0 Å². The second kappa shape index (κ2) is 14.4. The number of carbonyl (C=O) groups is 4. The molecular weight excluding hydrogens is 332 g/mol. The third kappa shape index (κ3) is 15.3. The van der Waals surface area contributed by atoms with Gasteiger partial charge in [-0.15, -0.1) is 0 Å². The largest absolute Gasteiger partial charge is 0.465 e. The van der Waals surface area contributed by atoms with E-state index in [2.05, 4.69) is 5.32 Å². The number of nitrogens with one attached hydrogen (secondary N) is 1. The van der Waals surface area contributed by atoms with Gasteiger partial charge in [0.1, 0.15) is 25.6 Å². The molecule has 0 spiro atoms. The van der Waals surface area contributed by atoms with Crippen LogP contribution in [0.4, 0.5) is 0 Å². The lowest BCUT2D eigenvalue weighted by Gasteiger charge is -2.20. The van der Waals surface area contributed by atoms with Crippen molar-refractivity contribution in [1.29, 1.82) is 0 Å². The molecule has 1 N–H and O–H groups in total. The summed E-state index contributed by atoms with van der Waals surface area (Å²) in [6, 6.07) is 0. The van der Waals surface area contributed by atoms with E-state index in [0.717, 1.165) is 0 Å². The van der Waals surface area contributed by atoms with Gasteiger partial charge in [-0.25, -0.2) is 4.79 Å². The van der Waals surface area contributed by atoms with E-state index in [4.69, 9.17) is 14.2 Å². The van der Waals surface area contributed by atoms with Crippen molar-refractivity contribution in [2.75, 3.05) is 52.6 Å². The van der Waals surface area contributed by atoms with Crippen LogP contribution in [0.2, 0.25) is 0 Å². The Balaban J connectivity index is 3.85. The number of hydrogen-bond acceptors (Lipinski definition) is 8. The van der Waals surface area contributed by atoms with Gasteiger partial charge in [0.25, 0.3) is 0 Å². The normalized spacial score (nSPS) is 10.4. The average molecular weight is 360 g/mol. The zero-order valence-corrected chi connectivity index (χ0v) is 15.2. The van der Waals surface area contributed by atoms with Crippen molar-refractivity contribution in [2.24, 2.45) is 0 Å². The van der Waals surface area contributed by atoms with Crippen LogP contribution in [0.5, 0.6) is 0 Å². The maximum absolute atomic E-state index is 11.5. The number of Topliss-reactive ketones (excluding diaryl/α,β-unsaturated/α-hetero) is 1. The molecule has 0 unspecified atom stereocenters. The molecule has 0 aliphatic heterocycles. The van der Waals surface area contributed by atoms with E-state index in [1.165, 1.54) is 13.8 Å². The maximum atomic E-state index is 11.5. The summed E-state index contributed by atoms with van der Waals surface area (Å²) in [7, 11) is 0. The van der Waals surface area contributed by atoms with Gasteiger partial charge in [-0.3, -0.25) is 19.3 Å². The molecule has 9 nitrogen and oxygen atoms in total. The molecule has 0 aliphatic rings. The van der Waals surface area contributed by atoms with Crippen LogP contribution in [-0.2, 0) is 33.4 Å². The number of ether oxygens (including phenoxy) is 3. The number of hydrogen-bond donors (Lipinski definition) is 1. The lowest BCUT2D eigenvalue weighted by atomic mass is 10.4. The summed E-state index contributed by atoms with van der Waals surface area (Å²) < 4.78 is 14.9. The summed E-state index contributed by atoms with van der Waals surface area (Å²) in [6.07, 6.45) is 0.399. The highest BCUT2D eigenvalue weighted by Crippen LogP contribution is 1.92. The summed E-state index contributed by atoms with van der Waals surface area (Å²) in [4.78, 5) is 46.2. The molecular formula is C16H28N2O7. The first kappa shape index (κ1) is 23.0. The highest BCUT2D eigenvalue weighted by molar-refractivity contribution is 5.77. The Morgan fingerprint density at radius 3 is 2.16 bits per heavy atom. The van der Waals surface area contributed by atoms with Gasteiger partial charge in [0.05, 0.1) is 13.2 Å². The first-order chi connectivity index (χ1) is 11.8. The second-order valence-corrected chi connectivity index (χ2v) is 5.29. The molecule has 0 heterocycles. The molecule has 0 aromatic rings. The Hall–Kier alpha value is -2.00. The predicted octanol–water partition coefficient (Wildman–Crippen LogP) is -0.473. The highest BCUT2D eigenvalue weighted by atomic mass is 16.6. The third-order valence-corrected chi connectivity index (χ3v) is 2.94. The molecule has 9 heteroatoms. The van der Waals surface area contributed by atoms with Gasteiger partial charge < -0.3 is 19.5 Å². The quantitative estimate of drug-likeness (QED) is 0.327. The molecule has 0 aromatic carbocycles. The lowest BCUT2D eigenvalue weighted by Crippen LogP contribution is -2.35. The fourth-order valence-corrected chi connectivity index (χ4v) is 1.78. The van der Waals surface area contributed by atoms with Crippen LogP contribution in [0.15, 0.2) is 0 Å². The van der Waals surface area contributed by atoms with Crippen molar-refractivity contribution in [3.63, 3.8) is 0 Å². The molecule has 25 heavy (non-hydrogen) atoms. The minimum Gasteiger partial charge on any atom is -0.465 e. The molecule has 0 atom stereocenters. The topological polar surface area (TPSA) is 111 Å². The van der Waals surface area contributed by atoms with Gasteiger partial charge in [-0.05, 0) is 6.92 Å². The van der Waals surface area contributed by atoms with E-state index >= 15 is 0 Å². The summed E-state index contributed by atoms with van der Waals surface area (Å²) in [5, 5.41) is 2.62. The van der Waals surface area contributed by atoms with Crippen LogP contribution in [0.1, 0.15) is 27.2 Å². The van der Waals surface area contributed by atoms with Gasteiger partial charge in [0.15, 0.2) is 0 Å². The Labute approximate surface area is 148 Å². The fourth-order valence-electron chi connectivity index (χ4n) is 1.78. The van der Waals surface area contributed by atoms with Crippen molar-refractivity contribution in [2.45, 2.75) is 27.2 Å². The monoisotopic (exact) mass is 360 g/mol. The Morgan fingerprint density at radius 1 is 0.960 bits per heavy atom. The lowest BCUT2D eigenvalue weighted by molar-refractivity contribution is -0.149. The number of ketones is 1. The van der Waals surface area contributed by atoms with Crippen molar-refractivity contribution >= 4 is 23.6 Å². The van der Waals surface area contributed by atoms with E-state index in [9.17, 15) is 19.2 Å². The zero-order valence-electron chi connectivity index (χ0n) is 15.2. The number of nitrogens with zero attached hydrogens (tertiary/aromatic N) is 1. The molecule has 0 saturated carbocycles. The molecule has 0 rings (SSSR count). The van der Waals surface area contributed by atoms with Crippen LogP contribution >= 0.6 is 0 Å². The van der Waals surface area contributed by atoms with E-state index < -0.39 is 5.97 Å². The number of amides is 1. The molecule has 144 valence electrons. The van der Waals surface area contributed by atoms with Crippen molar-refractivity contribution < 1.29 is 33.4 Å². The van der Waals surface area contributed by atoms with Gasteiger partial charge in [-0.1, -0.05) is 6.92 Å². The smallest absolute Gasteiger partial charge is 0.332 e. The molecule has 0 bridgehead atoms. The summed E-state index contributed by atoms with van der Waals surface area (Å²) >= 11 is 0. The minimum atomic E-state index is -0.524. The SMILES string of the molecule is CCC(=O)NCCOCC(=O)OCCN(CCOC(C)=O)CC(C)=O. The summed E-state index contributed by atoms with van der Waals surface area (Å²) in [5.41, 5.74) is 0. The highest BCUT2D eigenvalue weighted by Gasteiger charge is 2.10. The standard InChI is InChI=1S/C16H28N2O7/c1-4-15(21)17-5-8-23-12-16(22)25-10-7-18(11-13(2)19)6-9-24-14(3)20/h4-12H2,1-3H3,(H,17,21). The molecule has 0 radical (unpaired) electrons. The van der Waals surface area contributed by atoms with Gasteiger partial charge >= 0.3 is 11.9 Å². The Kier molecular flexibility index (Phi) is 13.2. The molecule has 0 saturated heterocycles. The molecule has 1 amide bonds. The Morgan fingerprint density at radius 2 is 1.60 bits per heavy atom. The van der Waals surface area contributed by atoms with Gasteiger partial charge in [0.2, 0.25) is 5.91 Å². The Bertz CT molecular complexity index is 440. The minimum absolute atomic E-state index is 0.0355. The average Bonchev–Trinajstić information content (AvgIpc) is 2.53. The molecule has 0 fully saturated rings. The van der Waals surface area contributed by atoms with E-state index in [1.54, 1.807) is 11.8 Å². The first-order valence-corrected chi connectivity index (χ1v) is 8.20. The predicted molar refractivity (Wildman–Crippen MR) is 88.8 cm³/mol. The fraction of sp³-hybridized carbons (Fsp3) is 0.750. The van der Waals surface area contributed by atoms with Crippen LogP contribution in [-0.4, -0.2) is 81.1 Å². The van der Waals surface area contributed by atoms with Crippen molar-refractivity contribution in [3.8, 4) is 0 Å². The van der Waals surface area contributed by atoms with E-state index in [-0.39, 0.29) is 50.6 Å². The maximum Gasteiger partial charge on any atom is 0.332 e. The molecule has 0 aromatic heterocycles. The van der Waals surface area contributed by atoms with E-state index in [1.807, 2.05) is 0 Å². The number of esters is 2. The van der Waals surface area contributed by atoms with Gasteiger partial charge in [-0.2, -0.15) is 0 Å². The van der Waals surface area contributed by atoms with Gasteiger partial charge in [0, 0.05) is 33.0 Å². The number of rotatable bonds is 14. The molecule has 0 aliphatic carbocycles. The third-order valence-electron chi connectivity index (χ3n) is 2.94. The summed E-state index contributed by atoms with van der Waals surface area (Å²) in [6.45, 7) is 6.04. The van der Waals surface area contributed by atoms with Crippen molar-refractivity contribution in [1.82, 2.24) is 10.2 Å².